The van der Waals surface area contributed by atoms with Crippen LogP contribution in [0, 0.1) is 0 Å². The van der Waals surface area contributed by atoms with Crippen molar-refractivity contribution in [2.45, 2.75) is 24.0 Å². The van der Waals surface area contributed by atoms with Crippen LogP contribution in [0.5, 0.6) is 11.5 Å². The molecule has 33 heavy (non-hydrogen) atoms. The molecule has 0 saturated carbocycles. The van der Waals surface area contributed by atoms with Crippen LogP contribution in [0.25, 0.3) is 11.0 Å². The smallest absolute Gasteiger partial charge is 0.241 e. The first-order valence-electron chi connectivity index (χ1n) is 10.6. The molecule has 0 bridgehead atoms. The van der Waals surface area contributed by atoms with E-state index in [1.807, 2.05) is 30.3 Å². The maximum atomic E-state index is 13.5. The Bertz CT molecular complexity index is 1360. The molecule has 8 heteroatoms. The number of sulfonamides is 1. The Morgan fingerprint density at radius 3 is 2.48 bits per heavy atom. The zero-order chi connectivity index (χ0) is 22.8. The van der Waals surface area contributed by atoms with Crippen molar-refractivity contribution < 1.29 is 27.4 Å². The van der Waals surface area contributed by atoms with E-state index in [0.717, 1.165) is 11.8 Å². The van der Waals surface area contributed by atoms with Crippen molar-refractivity contribution in [1.82, 2.24) is 4.72 Å². The third-order valence-electron chi connectivity index (χ3n) is 5.57. The number of hydrogen-bond acceptors (Lipinski definition) is 6. The van der Waals surface area contributed by atoms with Crippen molar-refractivity contribution >= 4 is 21.0 Å². The summed E-state index contributed by atoms with van der Waals surface area (Å²) in [6, 6.07) is 20.1. The minimum Gasteiger partial charge on any atom is -0.490 e. The number of fused-ring (bicyclic) bond motifs is 2. The summed E-state index contributed by atoms with van der Waals surface area (Å²) in [5, 5.41) is 10.7. The Balaban J connectivity index is 1.57. The predicted octanol–water partition coefficient (Wildman–Crippen LogP) is 4.15. The van der Waals surface area contributed by atoms with Gasteiger partial charge in [-0.05, 0) is 35.4 Å². The standard InChI is InChI=1S/C25H23NO6S/c27-16-18-7-1-3-8-20(18)25(24-14-17-6-2-4-9-21(17)32-24)26-33(28,29)19-10-11-22-23(15-19)31-13-5-12-30-22/h1-4,6-11,14-15,25-27H,5,12-13,16H2/t25-/m0/s1. The number of aliphatic hydroxyl groups excluding tert-OH is 1. The Morgan fingerprint density at radius 1 is 0.909 bits per heavy atom. The molecule has 0 amide bonds. The molecule has 5 rings (SSSR count). The lowest BCUT2D eigenvalue weighted by Gasteiger charge is -2.20. The molecule has 3 aromatic carbocycles. The molecule has 0 unspecified atom stereocenters. The second-order valence-corrected chi connectivity index (χ2v) is 9.47. The highest BCUT2D eigenvalue weighted by Gasteiger charge is 2.28. The van der Waals surface area contributed by atoms with Gasteiger partial charge in [0.05, 0.1) is 24.7 Å². The van der Waals surface area contributed by atoms with Gasteiger partial charge in [-0.25, -0.2) is 8.42 Å². The molecule has 170 valence electrons. The second kappa shape index (κ2) is 8.90. The number of aliphatic hydroxyl groups is 1. The third kappa shape index (κ3) is 4.32. The molecule has 0 aliphatic carbocycles. The molecule has 1 aromatic heterocycles. The molecule has 4 aromatic rings. The molecular formula is C25H23NO6S. The van der Waals surface area contributed by atoms with Gasteiger partial charge in [0.25, 0.3) is 0 Å². The van der Waals surface area contributed by atoms with Crippen LogP contribution in [0.3, 0.4) is 0 Å². The number of para-hydroxylation sites is 1. The fraction of sp³-hybridized carbons (Fsp3) is 0.200. The molecular weight excluding hydrogens is 442 g/mol. The number of rotatable bonds is 6. The Morgan fingerprint density at radius 2 is 1.67 bits per heavy atom. The largest absolute Gasteiger partial charge is 0.490 e. The summed E-state index contributed by atoms with van der Waals surface area (Å²) < 4.78 is 47.0. The van der Waals surface area contributed by atoms with Crippen LogP contribution in [-0.2, 0) is 16.6 Å². The Labute approximate surface area is 191 Å². The number of furan rings is 1. The van der Waals surface area contributed by atoms with Gasteiger partial charge in [-0.15, -0.1) is 0 Å². The molecule has 1 aliphatic heterocycles. The van der Waals surface area contributed by atoms with Crippen molar-refractivity contribution in [2.24, 2.45) is 0 Å². The first kappa shape index (κ1) is 21.5. The van der Waals surface area contributed by atoms with Crippen LogP contribution in [0.15, 0.2) is 82.1 Å². The second-order valence-electron chi connectivity index (χ2n) is 7.76. The first-order valence-corrected chi connectivity index (χ1v) is 12.1. The van der Waals surface area contributed by atoms with E-state index in [1.54, 1.807) is 30.3 Å². The van der Waals surface area contributed by atoms with E-state index in [9.17, 15) is 13.5 Å². The minimum atomic E-state index is -3.99. The van der Waals surface area contributed by atoms with Gasteiger partial charge in [0.2, 0.25) is 10.0 Å². The zero-order valence-corrected chi connectivity index (χ0v) is 18.5. The average molecular weight is 466 g/mol. The van der Waals surface area contributed by atoms with Crippen molar-refractivity contribution in [2.75, 3.05) is 13.2 Å². The summed E-state index contributed by atoms with van der Waals surface area (Å²) in [6.07, 6.45) is 0.723. The van der Waals surface area contributed by atoms with E-state index in [-0.39, 0.29) is 11.5 Å². The fourth-order valence-electron chi connectivity index (χ4n) is 3.91. The van der Waals surface area contributed by atoms with Crippen LogP contribution in [0.2, 0.25) is 0 Å². The zero-order valence-electron chi connectivity index (χ0n) is 17.7. The molecule has 0 radical (unpaired) electrons. The van der Waals surface area contributed by atoms with Crippen molar-refractivity contribution in [1.29, 1.82) is 0 Å². The third-order valence-corrected chi connectivity index (χ3v) is 6.99. The highest BCUT2D eigenvalue weighted by atomic mass is 32.2. The molecule has 0 saturated heterocycles. The van der Waals surface area contributed by atoms with E-state index in [2.05, 4.69) is 4.72 Å². The summed E-state index contributed by atoms with van der Waals surface area (Å²) >= 11 is 0. The maximum Gasteiger partial charge on any atom is 0.241 e. The highest BCUT2D eigenvalue weighted by Crippen LogP contribution is 2.34. The summed E-state index contributed by atoms with van der Waals surface area (Å²) in [7, 11) is -3.99. The van der Waals surface area contributed by atoms with Gasteiger partial charge in [0, 0.05) is 17.9 Å². The molecule has 7 nitrogen and oxygen atoms in total. The van der Waals surface area contributed by atoms with Crippen LogP contribution in [0.1, 0.15) is 29.3 Å². The lowest BCUT2D eigenvalue weighted by atomic mass is 9.99. The number of nitrogens with one attached hydrogen (secondary N) is 1. The fourth-order valence-corrected chi connectivity index (χ4v) is 5.11. The summed E-state index contributed by atoms with van der Waals surface area (Å²) in [4.78, 5) is 0.0503. The van der Waals surface area contributed by atoms with Crippen LogP contribution >= 0.6 is 0 Å². The van der Waals surface area contributed by atoms with Gasteiger partial charge < -0.3 is 19.0 Å². The number of benzene rings is 3. The monoisotopic (exact) mass is 465 g/mol. The Kier molecular flexibility index (Phi) is 5.80. The maximum absolute atomic E-state index is 13.5. The summed E-state index contributed by atoms with van der Waals surface area (Å²) in [6.45, 7) is 0.734. The highest BCUT2D eigenvalue weighted by molar-refractivity contribution is 7.89. The molecule has 1 aliphatic rings. The van der Waals surface area contributed by atoms with Gasteiger partial charge in [-0.2, -0.15) is 4.72 Å². The molecule has 1 atom stereocenters. The Hall–Kier alpha value is -3.33. The SMILES string of the molecule is O=S(=O)(N[C@H](c1cc2ccccc2o1)c1ccccc1CO)c1ccc2c(c1)OCCCO2. The van der Waals surface area contributed by atoms with E-state index in [0.29, 0.717) is 47.2 Å². The quantitative estimate of drug-likeness (QED) is 0.444. The molecule has 2 heterocycles. The molecule has 2 N–H and O–H groups in total. The predicted molar refractivity (Wildman–Crippen MR) is 123 cm³/mol. The summed E-state index contributed by atoms with van der Waals surface area (Å²) in [5.41, 5.74) is 1.86. The van der Waals surface area contributed by atoms with Crippen LogP contribution in [-0.4, -0.2) is 26.7 Å². The number of ether oxygens (including phenoxy) is 2. The van der Waals surface area contributed by atoms with E-state index >= 15 is 0 Å². The van der Waals surface area contributed by atoms with Gasteiger partial charge in [0.1, 0.15) is 17.4 Å². The molecule has 0 fully saturated rings. The van der Waals surface area contributed by atoms with Gasteiger partial charge in [-0.3, -0.25) is 0 Å². The van der Waals surface area contributed by atoms with E-state index in [4.69, 9.17) is 13.9 Å². The van der Waals surface area contributed by atoms with Crippen LogP contribution < -0.4 is 14.2 Å². The van der Waals surface area contributed by atoms with Crippen molar-refractivity contribution in [3.63, 3.8) is 0 Å². The topological polar surface area (TPSA) is 98.0 Å². The van der Waals surface area contributed by atoms with E-state index in [1.165, 1.54) is 12.1 Å². The first-order chi connectivity index (χ1) is 16.0. The summed E-state index contributed by atoms with van der Waals surface area (Å²) in [5.74, 6) is 1.34. The van der Waals surface area contributed by atoms with Gasteiger partial charge in [0.15, 0.2) is 11.5 Å². The van der Waals surface area contributed by atoms with Crippen LogP contribution in [0.4, 0.5) is 0 Å². The van der Waals surface area contributed by atoms with Crippen molar-refractivity contribution in [3.05, 3.63) is 89.7 Å². The minimum absolute atomic E-state index is 0.0503. The van der Waals surface area contributed by atoms with Gasteiger partial charge in [-0.1, -0.05) is 42.5 Å². The van der Waals surface area contributed by atoms with Gasteiger partial charge >= 0.3 is 0 Å². The molecule has 0 spiro atoms. The van der Waals surface area contributed by atoms with E-state index < -0.39 is 16.1 Å². The number of hydrogen-bond donors (Lipinski definition) is 2. The lowest BCUT2D eigenvalue weighted by Crippen LogP contribution is -2.30. The average Bonchev–Trinajstić information content (AvgIpc) is 3.12. The normalized spacial score (nSPS) is 14.7. The van der Waals surface area contributed by atoms with Crippen molar-refractivity contribution in [3.8, 4) is 11.5 Å². The lowest BCUT2D eigenvalue weighted by molar-refractivity contribution is 0.279.